The van der Waals surface area contributed by atoms with Crippen LogP contribution in [0.4, 0.5) is 4.39 Å². The van der Waals surface area contributed by atoms with E-state index in [0.29, 0.717) is 11.3 Å². The average molecular weight is 209 g/mol. The number of pyridine rings is 1. The van der Waals surface area contributed by atoms with Crippen molar-refractivity contribution in [1.29, 1.82) is 0 Å². The third-order valence-electron chi connectivity index (χ3n) is 1.34. The molecule has 0 bridgehead atoms. The molecule has 2 nitrogen and oxygen atoms in total. The van der Waals surface area contributed by atoms with Crippen molar-refractivity contribution in [2.75, 3.05) is 5.75 Å². The van der Waals surface area contributed by atoms with Crippen molar-refractivity contribution >= 4 is 16.9 Å². The van der Waals surface area contributed by atoms with E-state index in [1.807, 2.05) is 0 Å². The summed E-state index contributed by atoms with van der Waals surface area (Å²) in [6.07, 6.45) is 2.59. The first-order valence-electron chi connectivity index (χ1n) is 3.92. The lowest BCUT2D eigenvalue weighted by molar-refractivity contribution is -0.109. The van der Waals surface area contributed by atoms with Crippen LogP contribution in [0.25, 0.3) is 0 Å². The Morgan fingerprint density at radius 1 is 1.71 bits per heavy atom. The van der Waals surface area contributed by atoms with E-state index < -0.39 is 5.82 Å². The summed E-state index contributed by atoms with van der Waals surface area (Å²) in [5.41, 5.74) is 0.309. The van der Waals surface area contributed by atoms with Gasteiger partial charge in [0.2, 0.25) is 0 Å². The molecule has 0 unspecified atom stereocenters. The fourth-order valence-electron chi connectivity index (χ4n) is 0.746. The lowest BCUT2D eigenvalue weighted by Crippen LogP contribution is -1.85. The second kappa shape index (κ2) is 5.40. The molecule has 0 spiro atoms. The highest BCUT2D eigenvalue weighted by Gasteiger charge is 1.95. The van der Waals surface area contributed by atoms with E-state index in [9.17, 15) is 9.18 Å². The number of thioether (sulfide) groups is 1. The van der Waals surface area contributed by atoms with Gasteiger partial charge in [0.25, 0.3) is 0 Å². The summed E-state index contributed by atoms with van der Waals surface area (Å²) >= 11 is 1.11. The molecule has 0 amide bonds. The van der Waals surface area contributed by atoms with Crippen LogP contribution in [0.5, 0.6) is 0 Å². The minimum atomic E-state index is -0.437. The summed E-state index contributed by atoms with van der Waals surface area (Å²) in [5.74, 6) is 5.28. The molecule has 0 N–H and O–H groups in total. The van der Waals surface area contributed by atoms with Gasteiger partial charge in [-0.1, -0.05) is 23.6 Å². The fraction of sp³-hybridized carbons (Fsp3) is 0.200. The Kier molecular flexibility index (Phi) is 4.14. The quantitative estimate of drug-likeness (QED) is 0.661. The number of halogens is 1. The summed E-state index contributed by atoms with van der Waals surface area (Å²) in [7, 11) is 0. The molecule has 1 aromatic heterocycles. The first kappa shape index (κ1) is 10.7. The molecular formula is C10H8FNOS. The Bertz CT molecular complexity index is 395. The zero-order chi connectivity index (χ0) is 10.4. The summed E-state index contributed by atoms with van der Waals surface area (Å²) in [6, 6.07) is 1.50. The lowest BCUT2D eigenvalue weighted by Gasteiger charge is -1.90. The van der Waals surface area contributed by atoms with Gasteiger partial charge in [-0.3, -0.25) is 9.78 Å². The van der Waals surface area contributed by atoms with Crippen LogP contribution in [0.15, 0.2) is 18.5 Å². The van der Waals surface area contributed by atoms with Crippen LogP contribution >= 0.6 is 11.8 Å². The minimum absolute atomic E-state index is 0.00880. The molecule has 1 heterocycles. The molecule has 0 saturated heterocycles. The lowest BCUT2D eigenvalue weighted by atomic mass is 10.3. The predicted molar refractivity (Wildman–Crippen MR) is 54.2 cm³/mol. The summed E-state index contributed by atoms with van der Waals surface area (Å²) < 4.78 is 12.9. The van der Waals surface area contributed by atoms with Crippen LogP contribution in [0.1, 0.15) is 12.5 Å². The van der Waals surface area contributed by atoms with Crippen molar-refractivity contribution in [3.8, 4) is 11.8 Å². The van der Waals surface area contributed by atoms with E-state index in [-0.39, 0.29) is 5.12 Å². The molecule has 0 aliphatic carbocycles. The van der Waals surface area contributed by atoms with Crippen molar-refractivity contribution in [3.63, 3.8) is 0 Å². The van der Waals surface area contributed by atoms with E-state index in [1.54, 1.807) is 0 Å². The van der Waals surface area contributed by atoms with Gasteiger partial charge in [-0.05, 0) is 6.07 Å². The number of nitrogens with zero attached hydrogens (tertiary/aromatic N) is 1. The van der Waals surface area contributed by atoms with Gasteiger partial charge >= 0.3 is 0 Å². The third-order valence-corrected chi connectivity index (χ3v) is 2.04. The zero-order valence-electron chi connectivity index (χ0n) is 7.58. The normalized spacial score (nSPS) is 9.00. The summed E-state index contributed by atoms with van der Waals surface area (Å²) in [6.45, 7) is 1.47. The number of rotatable bonds is 1. The largest absolute Gasteiger partial charge is 0.288 e. The van der Waals surface area contributed by atoms with Gasteiger partial charge in [-0.2, -0.15) is 0 Å². The Labute approximate surface area is 85.9 Å². The highest BCUT2D eigenvalue weighted by molar-refractivity contribution is 8.13. The molecule has 14 heavy (non-hydrogen) atoms. The first-order valence-corrected chi connectivity index (χ1v) is 4.90. The van der Waals surface area contributed by atoms with Crippen molar-refractivity contribution in [2.24, 2.45) is 0 Å². The number of aromatic nitrogens is 1. The summed E-state index contributed by atoms with van der Waals surface area (Å²) in [4.78, 5) is 14.1. The smallest absolute Gasteiger partial charge is 0.186 e. The standard InChI is InChI=1S/C10H8FNOS/c1-8(13)14-6-2-3-9-4-5-12-7-10(9)11/h4-5,7H,6H2,1H3. The van der Waals surface area contributed by atoms with Crippen molar-refractivity contribution in [2.45, 2.75) is 6.92 Å². The number of carbonyl (C=O) groups excluding carboxylic acids is 1. The Morgan fingerprint density at radius 3 is 3.14 bits per heavy atom. The van der Waals surface area contributed by atoms with Crippen LogP contribution in [-0.2, 0) is 4.79 Å². The second-order valence-electron chi connectivity index (χ2n) is 2.44. The molecule has 4 heteroatoms. The van der Waals surface area contributed by atoms with Gasteiger partial charge in [0, 0.05) is 13.1 Å². The highest BCUT2D eigenvalue weighted by atomic mass is 32.2. The number of hydrogen-bond donors (Lipinski definition) is 0. The minimum Gasteiger partial charge on any atom is -0.288 e. The van der Waals surface area contributed by atoms with E-state index in [2.05, 4.69) is 16.8 Å². The molecule has 1 rings (SSSR count). The predicted octanol–water partition coefficient (Wildman–Crippen LogP) is 1.85. The maximum absolute atomic E-state index is 12.9. The molecule has 72 valence electrons. The van der Waals surface area contributed by atoms with Crippen molar-refractivity contribution in [3.05, 3.63) is 29.8 Å². The van der Waals surface area contributed by atoms with Crippen molar-refractivity contribution < 1.29 is 9.18 Å². The van der Waals surface area contributed by atoms with Gasteiger partial charge in [-0.15, -0.1) is 0 Å². The van der Waals surface area contributed by atoms with Crippen LogP contribution in [0, 0.1) is 17.7 Å². The molecular weight excluding hydrogens is 201 g/mol. The van der Waals surface area contributed by atoms with Gasteiger partial charge in [0.05, 0.1) is 17.5 Å². The van der Waals surface area contributed by atoms with Crippen LogP contribution in [-0.4, -0.2) is 15.9 Å². The van der Waals surface area contributed by atoms with Crippen LogP contribution < -0.4 is 0 Å². The molecule has 0 aliphatic heterocycles. The van der Waals surface area contributed by atoms with Gasteiger partial charge < -0.3 is 0 Å². The van der Waals surface area contributed by atoms with Gasteiger partial charge in [0.1, 0.15) is 0 Å². The van der Waals surface area contributed by atoms with E-state index in [4.69, 9.17) is 0 Å². The van der Waals surface area contributed by atoms with Crippen LogP contribution in [0.3, 0.4) is 0 Å². The topological polar surface area (TPSA) is 30.0 Å². The SMILES string of the molecule is CC(=O)SCC#Cc1ccncc1F. The number of hydrogen-bond acceptors (Lipinski definition) is 3. The monoisotopic (exact) mass is 209 g/mol. The van der Waals surface area contributed by atoms with Crippen LogP contribution in [0.2, 0.25) is 0 Å². The molecule has 0 radical (unpaired) electrons. The molecule has 1 aromatic rings. The fourth-order valence-corrected chi connectivity index (χ4v) is 1.09. The third kappa shape index (κ3) is 3.58. The van der Waals surface area contributed by atoms with E-state index in [1.165, 1.54) is 19.2 Å². The van der Waals surface area contributed by atoms with E-state index >= 15 is 0 Å². The number of carbonyl (C=O) groups is 1. The molecule has 0 fully saturated rings. The van der Waals surface area contributed by atoms with E-state index in [0.717, 1.165) is 18.0 Å². The molecule has 0 aliphatic rings. The zero-order valence-corrected chi connectivity index (χ0v) is 8.40. The maximum atomic E-state index is 12.9. The first-order chi connectivity index (χ1) is 6.70. The highest BCUT2D eigenvalue weighted by Crippen LogP contribution is 2.03. The Morgan fingerprint density at radius 2 is 2.50 bits per heavy atom. The van der Waals surface area contributed by atoms with Gasteiger partial charge in [-0.25, -0.2) is 4.39 Å². The van der Waals surface area contributed by atoms with Gasteiger partial charge in [0.15, 0.2) is 10.9 Å². The molecule has 0 aromatic carbocycles. The molecule has 0 atom stereocenters. The Hall–Kier alpha value is -1.34. The summed E-state index contributed by atoms with van der Waals surface area (Å²) in [5, 5.41) is 0.00880. The Balaban J connectivity index is 2.59. The maximum Gasteiger partial charge on any atom is 0.186 e. The average Bonchev–Trinajstić information content (AvgIpc) is 2.15. The van der Waals surface area contributed by atoms with Crippen molar-refractivity contribution in [1.82, 2.24) is 4.98 Å². The second-order valence-corrected chi connectivity index (χ2v) is 3.59. The molecule has 0 saturated carbocycles.